The Hall–Kier alpha value is -2.59. The number of benzene rings is 1. The number of anilines is 2. The molecule has 4 rings (SSSR count). The smallest absolute Gasteiger partial charge is 0.280 e. The van der Waals surface area contributed by atoms with Gasteiger partial charge in [0.15, 0.2) is 18.1 Å². The van der Waals surface area contributed by atoms with Crippen LogP contribution in [0.4, 0.5) is 15.9 Å². The summed E-state index contributed by atoms with van der Waals surface area (Å²) in [5.41, 5.74) is 1.97. The number of fused-ring (bicyclic) bond motifs is 1. The number of ether oxygens (including phenoxy) is 1. The molecule has 1 aromatic carbocycles. The van der Waals surface area contributed by atoms with Crippen molar-refractivity contribution in [1.29, 1.82) is 0 Å². The van der Waals surface area contributed by atoms with E-state index >= 15 is 0 Å². The Bertz CT molecular complexity index is 1050. The molecule has 0 saturated carbocycles. The van der Waals surface area contributed by atoms with Crippen molar-refractivity contribution in [2.75, 3.05) is 18.5 Å². The summed E-state index contributed by atoms with van der Waals surface area (Å²) in [6.07, 6.45) is 3.02. The normalized spacial score (nSPS) is 14.8. The molecule has 1 aliphatic rings. The molecule has 155 valence electrons. The average molecular weight is 426 g/mol. The highest BCUT2D eigenvalue weighted by atomic mass is 32.1. The van der Waals surface area contributed by atoms with Crippen LogP contribution < -0.4 is 16.1 Å². The maximum atomic E-state index is 13.7. The molecule has 0 atom stereocenters. The first kappa shape index (κ1) is 20.7. The van der Waals surface area contributed by atoms with E-state index in [0.717, 1.165) is 18.3 Å². The second kappa shape index (κ2) is 9.05. The van der Waals surface area contributed by atoms with Crippen LogP contribution in [0.1, 0.15) is 36.5 Å². The molecule has 3 heterocycles. The van der Waals surface area contributed by atoms with Gasteiger partial charge in [0.25, 0.3) is 5.91 Å². The van der Waals surface area contributed by atoms with Gasteiger partial charge in [0, 0.05) is 24.9 Å². The van der Waals surface area contributed by atoms with Crippen LogP contribution >= 0.6 is 11.3 Å². The van der Waals surface area contributed by atoms with Crippen LogP contribution in [-0.2, 0) is 4.74 Å². The van der Waals surface area contributed by atoms with Crippen molar-refractivity contribution >= 4 is 51.8 Å². The third-order valence-corrected chi connectivity index (χ3v) is 5.69. The number of nitrogens with one attached hydrogen (secondary N) is 2. The lowest BCUT2D eigenvalue weighted by Gasteiger charge is -2.22. The zero-order chi connectivity index (χ0) is 21.1. The second-order valence-electron chi connectivity index (χ2n) is 7.52. The molecule has 1 saturated heterocycles. The van der Waals surface area contributed by atoms with Gasteiger partial charge in [-0.2, -0.15) is 0 Å². The average Bonchev–Trinajstić information content (AvgIpc) is 3.16. The second-order valence-corrected chi connectivity index (χ2v) is 8.50. The number of thiazole rings is 1. The van der Waals surface area contributed by atoms with E-state index in [-0.39, 0.29) is 23.6 Å². The lowest BCUT2D eigenvalue weighted by atomic mass is 9.60. The Morgan fingerprint density at radius 1 is 1.30 bits per heavy atom. The number of nitrogens with zero attached hydrogens (tertiary/aromatic N) is 3. The Kier molecular flexibility index (Phi) is 6.24. The SMILES string of the molecule is CC(C)[B]c1cc(F)ccc1Nc1ncnc2sc(C(=O)NC3CCOCC3)nc12. The quantitative estimate of drug-likeness (QED) is 0.589. The summed E-state index contributed by atoms with van der Waals surface area (Å²) < 4.78 is 19.1. The topological polar surface area (TPSA) is 89.0 Å². The third-order valence-electron chi connectivity index (χ3n) is 4.73. The van der Waals surface area contributed by atoms with Gasteiger partial charge in [0.1, 0.15) is 22.5 Å². The molecule has 1 fully saturated rings. The third kappa shape index (κ3) is 4.76. The van der Waals surface area contributed by atoms with E-state index in [1.807, 2.05) is 21.1 Å². The number of hydrogen-bond donors (Lipinski definition) is 2. The summed E-state index contributed by atoms with van der Waals surface area (Å²) in [5, 5.41) is 6.59. The summed E-state index contributed by atoms with van der Waals surface area (Å²) in [5.74, 6) is 0.205. The first-order valence-electron chi connectivity index (χ1n) is 9.91. The lowest BCUT2D eigenvalue weighted by Crippen LogP contribution is -2.38. The standard InChI is InChI=1S/C20H22BFN5O2S/c1-11(2)21-14-9-12(22)3-4-15(14)26-17-16-19(24-10-23-17)30-20(27-16)18(28)25-13-5-7-29-8-6-13/h3-4,9-11,13H,5-8H2,1-2H3,(H,25,28)(H,23,24,26). The van der Waals surface area contributed by atoms with Crippen molar-refractivity contribution in [1.82, 2.24) is 20.3 Å². The molecule has 1 radical (unpaired) electrons. The lowest BCUT2D eigenvalue weighted by molar-refractivity contribution is 0.0696. The van der Waals surface area contributed by atoms with Crippen molar-refractivity contribution in [2.45, 2.75) is 38.5 Å². The largest absolute Gasteiger partial charge is 0.381 e. The zero-order valence-electron chi connectivity index (χ0n) is 16.8. The molecule has 2 aromatic heterocycles. The molecule has 1 amide bonds. The van der Waals surface area contributed by atoms with Gasteiger partial charge in [-0.15, -0.1) is 0 Å². The minimum Gasteiger partial charge on any atom is -0.381 e. The van der Waals surface area contributed by atoms with Crippen molar-refractivity contribution in [2.24, 2.45) is 0 Å². The van der Waals surface area contributed by atoms with Crippen LogP contribution in [0.15, 0.2) is 24.5 Å². The number of halogens is 1. The van der Waals surface area contributed by atoms with Crippen LogP contribution in [-0.4, -0.2) is 47.4 Å². The van der Waals surface area contributed by atoms with E-state index < -0.39 is 0 Å². The summed E-state index contributed by atoms with van der Waals surface area (Å²) in [6.45, 7) is 5.36. The minimum atomic E-state index is -0.305. The van der Waals surface area contributed by atoms with E-state index in [1.165, 1.54) is 29.8 Å². The van der Waals surface area contributed by atoms with Crippen molar-refractivity contribution < 1.29 is 13.9 Å². The van der Waals surface area contributed by atoms with Gasteiger partial charge in [-0.1, -0.05) is 36.5 Å². The zero-order valence-corrected chi connectivity index (χ0v) is 17.6. The number of amides is 1. The van der Waals surface area contributed by atoms with Crippen molar-refractivity contribution in [3.05, 3.63) is 35.4 Å². The number of rotatable bonds is 6. The molecule has 10 heteroatoms. The fourth-order valence-corrected chi connectivity index (χ4v) is 4.11. The highest BCUT2D eigenvalue weighted by Gasteiger charge is 2.21. The Balaban J connectivity index is 1.59. The first-order valence-corrected chi connectivity index (χ1v) is 10.7. The molecule has 3 aromatic rings. The van der Waals surface area contributed by atoms with Crippen LogP contribution in [0.2, 0.25) is 5.82 Å². The Morgan fingerprint density at radius 2 is 2.10 bits per heavy atom. The maximum Gasteiger partial charge on any atom is 0.280 e. The molecular formula is C20H22BFN5O2S. The van der Waals surface area contributed by atoms with E-state index in [4.69, 9.17) is 4.74 Å². The number of carbonyl (C=O) groups is 1. The fraction of sp³-hybridized carbons (Fsp3) is 0.400. The van der Waals surface area contributed by atoms with E-state index in [2.05, 4.69) is 25.6 Å². The molecule has 30 heavy (non-hydrogen) atoms. The fourth-order valence-electron chi connectivity index (χ4n) is 3.30. The van der Waals surface area contributed by atoms with Gasteiger partial charge in [-0.25, -0.2) is 19.3 Å². The number of carbonyl (C=O) groups excluding carboxylic acids is 1. The molecule has 7 nitrogen and oxygen atoms in total. The molecular weight excluding hydrogens is 404 g/mol. The van der Waals surface area contributed by atoms with Crippen LogP contribution in [0, 0.1) is 5.82 Å². The van der Waals surface area contributed by atoms with Crippen LogP contribution in [0.25, 0.3) is 10.3 Å². The predicted octanol–water partition coefficient (Wildman–Crippen LogP) is 3.04. The molecule has 2 N–H and O–H groups in total. The molecule has 0 unspecified atom stereocenters. The molecule has 1 aliphatic heterocycles. The highest BCUT2D eigenvalue weighted by molar-refractivity contribution is 7.20. The van der Waals surface area contributed by atoms with Crippen LogP contribution in [0.3, 0.4) is 0 Å². The Morgan fingerprint density at radius 3 is 2.87 bits per heavy atom. The summed E-state index contributed by atoms with van der Waals surface area (Å²) in [7, 11) is 1.97. The van der Waals surface area contributed by atoms with Gasteiger partial charge in [-0.3, -0.25) is 4.79 Å². The minimum absolute atomic E-state index is 0.0929. The summed E-state index contributed by atoms with van der Waals surface area (Å²) in [6, 6.07) is 4.64. The molecule has 0 bridgehead atoms. The van der Waals surface area contributed by atoms with E-state index in [9.17, 15) is 9.18 Å². The van der Waals surface area contributed by atoms with Crippen molar-refractivity contribution in [3.8, 4) is 0 Å². The number of aromatic nitrogens is 3. The van der Waals surface area contributed by atoms with Gasteiger partial charge in [0.05, 0.1) is 0 Å². The van der Waals surface area contributed by atoms with Gasteiger partial charge in [0.2, 0.25) is 0 Å². The van der Waals surface area contributed by atoms with E-state index in [1.54, 1.807) is 6.07 Å². The monoisotopic (exact) mass is 426 g/mol. The van der Waals surface area contributed by atoms with Gasteiger partial charge < -0.3 is 15.4 Å². The number of hydrogen-bond acceptors (Lipinski definition) is 7. The maximum absolute atomic E-state index is 13.7. The van der Waals surface area contributed by atoms with Gasteiger partial charge in [-0.05, 0) is 31.0 Å². The summed E-state index contributed by atoms with van der Waals surface area (Å²) in [4.78, 5) is 26.3. The Labute approximate surface area is 178 Å². The summed E-state index contributed by atoms with van der Waals surface area (Å²) >= 11 is 1.22. The first-order chi connectivity index (χ1) is 14.5. The van der Waals surface area contributed by atoms with Crippen LogP contribution in [0.5, 0.6) is 0 Å². The predicted molar refractivity (Wildman–Crippen MR) is 117 cm³/mol. The van der Waals surface area contributed by atoms with Crippen molar-refractivity contribution in [3.63, 3.8) is 0 Å². The molecule has 0 spiro atoms. The highest BCUT2D eigenvalue weighted by Crippen LogP contribution is 2.27. The van der Waals surface area contributed by atoms with Gasteiger partial charge >= 0.3 is 0 Å². The van der Waals surface area contributed by atoms with E-state index in [0.29, 0.717) is 40.1 Å². The molecule has 0 aliphatic carbocycles.